The van der Waals surface area contributed by atoms with Crippen LogP contribution in [-0.4, -0.2) is 55.0 Å². The molecule has 0 aromatic heterocycles. The van der Waals surface area contributed by atoms with Crippen LogP contribution in [0.3, 0.4) is 0 Å². The van der Waals surface area contributed by atoms with Crippen molar-refractivity contribution in [1.82, 2.24) is 4.90 Å². The monoisotopic (exact) mass is 493 g/mol. The standard InChI is InChI=1S/C25H30F3N3O4/c1-15(2)13-21(31-23(33)17-5-3-4-6-18(17)24(31)34)22(32)29-19-14-16(25(26,27)28)7-8-20(19)30-9-11-35-12-10-30/h3-4,7-8,14-15,17-18,21H,5-6,9-13H2,1-2H3,(H,29,32)/t17-,18+,21-/m0/s1. The van der Waals surface area contributed by atoms with Gasteiger partial charge in [0.1, 0.15) is 6.04 Å². The van der Waals surface area contributed by atoms with E-state index >= 15 is 0 Å². The first-order chi connectivity index (χ1) is 16.6. The van der Waals surface area contributed by atoms with E-state index in [4.69, 9.17) is 4.74 Å². The molecule has 1 N–H and O–H groups in total. The zero-order chi connectivity index (χ0) is 25.3. The molecule has 0 radical (unpaired) electrons. The first kappa shape index (κ1) is 25.2. The molecule has 2 saturated heterocycles. The van der Waals surface area contributed by atoms with Crippen molar-refractivity contribution < 1.29 is 32.3 Å². The molecule has 1 aromatic carbocycles. The number of nitrogens with zero attached hydrogens (tertiary/aromatic N) is 2. The molecule has 3 aliphatic rings. The predicted molar refractivity (Wildman–Crippen MR) is 124 cm³/mol. The van der Waals surface area contributed by atoms with Crippen molar-refractivity contribution in [2.75, 3.05) is 36.5 Å². The van der Waals surface area contributed by atoms with Crippen LogP contribution in [0.15, 0.2) is 30.4 Å². The number of rotatable bonds is 6. The maximum atomic E-state index is 13.5. The van der Waals surface area contributed by atoms with Crippen LogP contribution in [0.2, 0.25) is 0 Å². The van der Waals surface area contributed by atoms with Gasteiger partial charge >= 0.3 is 6.18 Å². The summed E-state index contributed by atoms with van der Waals surface area (Å²) in [6, 6.07) is 2.13. The first-order valence-electron chi connectivity index (χ1n) is 11.9. The molecule has 1 aromatic rings. The average molecular weight is 494 g/mol. The predicted octanol–water partition coefficient (Wildman–Crippen LogP) is 3.85. The van der Waals surface area contributed by atoms with E-state index in [0.29, 0.717) is 44.8 Å². The van der Waals surface area contributed by atoms with Gasteiger partial charge in [0, 0.05) is 13.1 Å². The first-order valence-corrected chi connectivity index (χ1v) is 11.9. The highest BCUT2D eigenvalue weighted by Gasteiger charge is 2.51. The van der Waals surface area contributed by atoms with Gasteiger partial charge in [0.15, 0.2) is 0 Å². The maximum Gasteiger partial charge on any atom is 0.416 e. The highest BCUT2D eigenvalue weighted by atomic mass is 19.4. The van der Waals surface area contributed by atoms with Crippen LogP contribution in [0, 0.1) is 17.8 Å². The van der Waals surface area contributed by atoms with Gasteiger partial charge in [-0.2, -0.15) is 13.2 Å². The van der Waals surface area contributed by atoms with E-state index in [1.807, 2.05) is 30.9 Å². The van der Waals surface area contributed by atoms with Crippen molar-refractivity contribution in [3.63, 3.8) is 0 Å². The van der Waals surface area contributed by atoms with E-state index in [1.165, 1.54) is 6.07 Å². The third-order valence-corrected chi connectivity index (χ3v) is 6.78. The van der Waals surface area contributed by atoms with E-state index in [-0.39, 0.29) is 29.8 Å². The molecule has 7 nitrogen and oxygen atoms in total. The van der Waals surface area contributed by atoms with Crippen LogP contribution in [0.5, 0.6) is 0 Å². The van der Waals surface area contributed by atoms with Gasteiger partial charge in [0.05, 0.1) is 42.0 Å². The number of amides is 3. The number of ether oxygens (including phenoxy) is 1. The summed E-state index contributed by atoms with van der Waals surface area (Å²) >= 11 is 0. The fourth-order valence-corrected chi connectivity index (χ4v) is 5.02. The number of likely N-dealkylation sites (tertiary alicyclic amines) is 1. The minimum absolute atomic E-state index is 0.00124. The Kier molecular flexibility index (Phi) is 7.21. The number of halogens is 3. The molecular formula is C25H30F3N3O4. The third kappa shape index (κ3) is 5.22. The molecule has 2 aliphatic heterocycles. The molecule has 3 atom stereocenters. The number of fused-ring (bicyclic) bond motifs is 1. The summed E-state index contributed by atoms with van der Waals surface area (Å²) < 4.78 is 45.8. The number of anilines is 2. The summed E-state index contributed by atoms with van der Waals surface area (Å²) in [6.07, 6.45) is 0.230. The number of alkyl halides is 3. The van der Waals surface area contributed by atoms with Crippen LogP contribution in [0.25, 0.3) is 0 Å². The summed E-state index contributed by atoms with van der Waals surface area (Å²) in [5.74, 6) is -2.46. The molecule has 190 valence electrons. The van der Waals surface area contributed by atoms with E-state index in [1.54, 1.807) is 0 Å². The molecule has 2 heterocycles. The molecule has 0 unspecified atom stereocenters. The second-order valence-corrected chi connectivity index (χ2v) is 9.67. The molecule has 35 heavy (non-hydrogen) atoms. The SMILES string of the molecule is CC(C)C[C@@H](C(=O)Nc1cc(C(F)(F)F)ccc1N1CCOCC1)N1C(=O)[C@H]2CC=CC[C@H]2C1=O. The Labute approximate surface area is 202 Å². The summed E-state index contributed by atoms with van der Waals surface area (Å²) in [5, 5.41) is 2.64. The molecular weight excluding hydrogens is 463 g/mol. The molecule has 1 aliphatic carbocycles. The molecule has 2 fully saturated rings. The van der Waals surface area contributed by atoms with Crippen molar-refractivity contribution in [2.45, 2.75) is 45.3 Å². The summed E-state index contributed by atoms with van der Waals surface area (Å²) in [7, 11) is 0. The summed E-state index contributed by atoms with van der Waals surface area (Å²) in [6.45, 7) is 5.48. The quantitative estimate of drug-likeness (QED) is 0.481. The van der Waals surface area contributed by atoms with Crippen molar-refractivity contribution in [3.05, 3.63) is 35.9 Å². The Hall–Kier alpha value is -2.88. The van der Waals surface area contributed by atoms with Gasteiger partial charge in [0.25, 0.3) is 0 Å². The number of carbonyl (C=O) groups is 3. The number of carbonyl (C=O) groups excluding carboxylic acids is 3. The van der Waals surface area contributed by atoms with Gasteiger partial charge in [-0.15, -0.1) is 0 Å². The fourth-order valence-electron chi connectivity index (χ4n) is 5.02. The fraction of sp³-hybridized carbons (Fsp3) is 0.560. The lowest BCUT2D eigenvalue weighted by Crippen LogP contribution is -2.48. The van der Waals surface area contributed by atoms with Crippen molar-refractivity contribution in [1.29, 1.82) is 0 Å². The van der Waals surface area contributed by atoms with Gasteiger partial charge in [-0.1, -0.05) is 26.0 Å². The van der Waals surface area contributed by atoms with E-state index in [9.17, 15) is 27.6 Å². The summed E-state index contributed by atoms with van der Waals surface area (Å²) in [4.78, 5) is 42.7. The number of hydrogen-bond acceptors (Lipinski definition) is 5. The van der Waals surface area contributed by atoms with Crippen molar-refractivity contribution in [3.8, 4) is 0 Å². The number of morpholine rings is 1. The minimum atomic E-state index is -4.59. The second kappa shape index (κ2) is 10.0. The van der Waals surface area contributed by atoms with Crippen molar-refractivity contribution >= 4 is 29.1 Å². The van der Waals surface area contributed by atoms with Gasteiger partial charge in [-0.3, -0.25) is 19.3 Å². The lowest BCUT2D eigenvalue weighted by atomic mass is 9.85. The molecule has 0 saturated carbocycles. The Morgan fingerprint density at radius 1 is 1.09 bits per heavy atom. The zero-order valence-corrected chi connectivity index (χ0v) is 19.8. The highest BCUT2D eigenvalue weighted by Crippen LogP contribution is 2.39. The average Bonchev–Trinajstić information content (AvgIpc) is 3.07. The number of nitrogens with one attached hydrogen (secondary N) is 1. The Balaban J connectivity index is 1.66. The van der Waals surface area contributed by atoms with Gasteiger partial charge < -0.3 is 15.0 Å². The van der Waals surface area contributed by atoms with E-state index < -0.39 is 35.5 Å². The largest absolute Gasteiger partial charge is 0.416 e. The lowest BCUT2D eigenvalue weighted by molar-refractivity contribution is -0.147. The lowest BCUT2D eigenvalue weighted by Gasteiger charge is -2.32. The maximum absolute atomic E-state index is 13.5. The second-order valence-electron chi connectivity index (χ2n) is 9.67. The number of benzene rings is 1. The molecule has 4 rings (SSSR count). The van der Waals surface area contributed by atoms with E-state index in [0.717, 1.165) is 17.0 Å². The Morgan fingerprint density at radius 3 is 2.23 bits per heavy atom. The molecule has 0 bridgehead atoms. The van der Waals surface area contributed by atoms with Crippen molar-refractivity contribution in [2.24, 2.45) is 17.8 Å². The molecule has 0 spiro atoms. The van der Waals surface area contributed by atoms with Gasteiger partial charge in [-0.25, -0.2) is 0 Å². The minimum Gasteiger partial charge on any atom is -0.378 e. The van der Waals surface area contributed by atoms with Crippen LogP contribution < -0.4 is 10.2 Å². The number of hydrogen-bond donors (Lipinski definition) is 1. The molecule has 3 amide bonds. The Morgan fingerprint density at radius 2 is 1.69 bits per heavy atom. The van der Waals surface area contributed by atoms with Crippen LogP contribution in [-0.2, 0) is 25.3 Å². The summed E-state index contributed by atoms with van der Waals surface area (Å²) in [5.41, 5.74) is -0.454. The van der Waals surface area contributed by atoms with Gasteiger partial charge in [0.2, 0.25) is 17.7 Å². The van der Waals surface area contributed by atoms with Crippen LogP contribution in [0.1, 0.15) is 38.7 Å². The zero-order valence-electron chi connectivity index (χ0n) is 19.8. The number of allylic oxidation sites excluding steroid dienone is 2. The third-order valence-electron chi connectivity index (χ3n) is 6.78. The van der Waals surface area contributed by atoms with Gasteiger partial charge in [-0.05, 0) is 43.4 Å². The normalized spacial score (nSPS) is 23.6. The topological polar surface area (TPSA) is 79.0 Å². The molecule has 10 heteroatoms. The number of imide groups is 1. The Bertz CT molecular complexity index is 992. The van der Waals surface area contributed by atoms with Crippen LogP contribution >= 0.6 is 0 Å². The van der Waals surface area contributed by atoms with E-state index in [2.05, 4.69) is 5.32 Å². The van der Waals surface area contributed by atoms with Crippen LogP contribution in [0.4, 0.5) is 24.5 Å². The smallest absolute Gasteiger partial charge is 0.378 e. The highest BCUT2D eigenvalue weighted by molar-refractivity contribution is 6.10.